The second-order valence-electron chi connectivity index (χ2n) is 5.89. The Kier molecular flexibility index (Phi) is 5.52. The molecule has 120 valence electrons. The molecule has 0 aromatic carbocycles. The number of nitrogens with zero attached hydrogens (tertiary/aromatic N) is 2. The Balaban J connectivity index is 0.000000847. The summed E-state index contributed by atoms with van der Waals surface area (Å²) in [5.41, 5.74) is 1.45. The predicted octanol–water partition coefficient (Wildman–Crippen LogP) is 4.75. The summed E-state index contributed by atoms with van der Waals surface area (Å²) >= 11 is 3.84. The Labute approximate surface area is 151 Å². The van der Waals surface area contributed by atoms with Gasteiger partial charge in [0.05, 0.1) is 34.1 Å². The van der Waals surface area contributed by atoms with Gasteiger partial charge in [0.15, 0.2) is 0 Å². The summed E-state index contributed by atoms with van der Waals surface area (Å²) in [7, 11) is -0.360. The number of hydrogen-bond donors (Lipinski definition) is 0. The van der Waals surface area contributed by atoms with Crippen molar-refractivity contribution in [3.05, 3.63) is 30.1 Å². The third-order valence-corrected chi connectivity index (χ3v) is 5.65. The van der Waals surface area contributed by atoms with E-state index in [1.165, 1.54) is 0 Å². The van der Waals surface area contributed by atoms with E-state index in [1.807, 2.05) is 28.6 Å². The van der Waals surface area contributed by atoms with Crippen LogP contribution in [-0.2, 0) is 9.31 Å². The second-order valence-corrected chi connectivity index (χ2v) is 8.55. The number of hydrogen-bond acceptors (Lipinski definition) is 5. The van der Waals surface area contributed by atoms with Crippen LogP contribution in [0.5, 0.6) is 0 Å². The average molecular weight is 432 g/mol. The van der Waals surface area contributed by atoms with Crippen LogP contribution in [0, 0.1) is 0 Å². The predicted molar refractivity (Wildman–Crippen MR) is 101 cm³/mol. The first-order chi connectivity index (χ1) is 10.3. The quantitative estimate of drug-likeness (QED) is 0.277. The Morgan fingerprint density at radius 2 is 1.77 bits per heavy atom. The molecule has 1 saturated heterocycles. The third kappa shape index (κ3) is 3.32. The lowest BCUT2D eigenvalue weighted by Crippen LogP contribution is -2.41. The van der Waals surface area contributed by atoms with Gasteiger partial charge in [0.1, 0.15) is 5.03 Å². The van der Waals surface area contributed by atoms with E-state index in [0.29, 0.717) is 0 Å². The van der Waals surface area contributed by atoms with Gasteiger partial charge in [-0.2, -0.15) is 0 Å². The molecule has 0 atom stereocenters. The van der Waals surface area contributed by atoms with Crippen LogP contribution in [0.25, 0.3) is 5.47 Å². The van der Waals surface area contributed by atoms with Crippen LogP contribution >= 0.6 is 34.8 Å². The molecule has 0 N–H and O–H groups in total. The summed E-state index contributed by atoms with van der Waals surface area (Å²) < 4.78 is 14.3. The largest absolute Gasteiger partial charge is 0.497 e. The van der Waals surface area contributed by atoms with Gasteiger partial charge in [-0.05, 0) is 33.8 Å². The van der Waals surface area contributed by atoms with Gasteiger partial charge in [0.2, 0.25) is 0 Å². The maximum absolute atomic E-state index is 6.15. The molecular weight excluding hydrogens is 410 g/mol. The molecule has 0 radical (unpaired) electrons. The number of aromatic nitrogens is 1. The third-order valence-electron chi connectivity index (χ3n) is 4.00. The highest BCUT2D eigenvalue weighted by atomic mass is 127. The van der Waals surface area contributed by atoms with Gasteiger partial charge < -0.3 is 9.31 Å². The summed E-state index contributed by atoms with van der Waals surface area (Å²) in [5, 5.41) is 0.981. The van der Waals surface area contributed by atoms with Crippen LogP contribution in [0.2, 0.25) is 0 Å². The molecule has 0 saturated carbocycles. The van der Waals surface area contributed by atoms with E-state index in [2.05, 4.69) is 67.8 Å². The van der Waals surface area contributed by atoms with Crippen LogP contribution in [0.15, 0.2) is 29.6 Å². The van der Waals surface area contributed by atoms with Crippen LogP contribution < -0.4 is 0 Å². The normalized spacial score (nSPS) is 21.7. The van der Waals surface area contributed by atoms with Crippen molar-refractivity contribution in [2.45, 2.75) is 57.8 Å². The number of fused-ring (bicyclic) bond motifs is 1. The van der Waals surface area contributed by atoms with Crippen LogP contribution in [0.1, 0.15) is 47.1 Å². The Morgan fingerprint density at radius 1 is 1.18 bits per heavy atom. The van der Waals surface area contributed by atoms with E-state index in [9.17, 15) is 0 Å². The van der Waals surface area contributed by atoms with Gasteiger partial charge in [-0.15, -0.1) is 0 Å². The molecule has 0 unspecified atom stereocenters. The number of halogens is 1. The van der Waals surface area contributed by atoms with Crippen molar-refractivity contribution in [1.29, 1.82) is 0 Å². The van der Waals surface area contributed by atoms with Gasteiger partial charge in [-0.1, -0.05) is 19.9 Å². The van der Waals surface area contributed by atoms with E-state index >= 15 is 0 Å². The van der Waals surface area contributed by atoms with Gasteiger partial charge in [0, 0.05) is 35.4 Å². The van der Waals surface area contributed by atoms with Crippen molar-refractivity contribution in [3.63, 3.8) is 0 Å². The van der Waals surface area contributed by atoms with Crippen LogP contribution in [0.3, 0.4) is 0 Å². The minimum absolute atomic E-state index is 0.332. The molecule has 4 nitrogen and oxygen atoms in total. The van der Waals surface area contributed by atoms with Crippen molar-refractivity contribution >= 4 is 47.4 Å². The van der Waals surface area contributed by atoms with E-state index in [-0.39, 0.29) is 18.3 Å². The average Bonchev–Trinajstić information content (AvgIpc) is 2.68. The highest BCUT2D eigenvalue weighted by molar-refractivity contribution is 14.1. The van der Waals surface area contributed by atoms with Gasteiger partial charge in [0.25, 0.3) is 0 Å². The molecule has 3 heterocycles. The second kappa shape index (κ2) is 6.71. The Morgan fingerprint density at radius 3 is 2.36 bits per heavy atom. The van der Waals surface area contributed by atoms with Crippen LogP contribution in [0.4, 0.5) is 0 Å². The molecule has 0 amide bonds. The molecule has 2 aliphatic heterocycles. The zero-order chi connectivity index (χ0) is 16.5. The first-order valence-corrected chi connectivity index (χ1v) is 9.20. The summed E-state index contributed by atoms with van der Waals surface area (Å²) in [4.78, 5) is 4.43. The van der Waals surface area contributed by atoms with Crippen molar-refractivity contribution in [3.8, 4) is 0 Å². The van der Waals surface area contributed by atoms with E-state index in [0.717, 1.165) is 16.1 Å². The fraction of sp³-hybridized carbons (Fsp3) is 0.533. The minimum Gasteiger partial charge on any atom is -0.399 e. The van der Waals surface area contributed by atoms with Crippen molar-refractivity contribution in [2.24, 2.45) is 0 Å². The fourth-order valence-electron chi connectivity index (χ4n) is 2.13. The first-order valence-electron chi connectivity index (χ1n) is 7.46. The minimum atomic E-state index is -0.360. The van der Waals surface area contributed by atoms with Gasteiger partial charge in [-0.3, -0.25) is 2.52 Å². The molecule has 0 spiro atoms. The number of rotatable bonds is 1. The maximum Gasteiger partial charge on any atom is 0.497 e. The Bertz CT molecular complexity index is 564. The lowest BCUT2D eigenvalue weighted by atomic mass is 9.75. The molecule has 1 fully saturated rings. The summed E-state index contributed by atoms with van der Waals surface area (Å²) in [5.74, 6) is 0. The molecule has 7 heteroatoms. The Hall–Kier alpha value is -0.245. The molecule has 2 aliphatic rings. The standard InChI is InChI=1S/C13H16BIN2O2S.C2H6/c1-12(2)13(3,4)19-14(18-12)10-8-17(15)20-11-9(10)6-5-7-16-11;1-2/h5-8H,1-4H3;1-2H3. The van der Waals surface area contributed by atoms with Crippen LogP contribution in [-0.4, -0.2) is 25.8 Å². The van der Waals surface area contributed by atoms with E-state index < -0.39 is 0 Å². The fourth-order valence-corrected chi connectivity index (χ4v) is 3.71. The van der Waals surface area contributed by atoms with Gasteiger partial charge in [-0.25, -0.2) is 4.98 Å². The van der Waals surface area contributed by atoms with Crippen molar-refractivity contribution in [1.82, 2.24) is 7.50 Å². The maximum atomic E-state index is 6.15. The lowest BCUT2D eigenvalue weighted by Gasteiger charge is -2.32. The van der Waals surface area contributed by atoms with E-state index in [1.54, 1.807) is 11.9 Å². The lowest BCUT2D eigenvalue weighted by molar-refractivity contribution is 0.00578. The highest BCUT2D eigenvalue weighted by Crippen LogP contribution is 2.44. The molecule has 22 heavy (non-hydrogen) atoms. The summed E-state index contributed by atoms with van der Waals surface area (Å²) in [6.07, 6.45) is 3.86. The zero-order valence-corrected chi connectivity index (χ0v) is 16.9. The monoisotopic (exact) mass is 432 g/mol. The summed E-state index contributed by atoms with van der Waals surface area (Å²) in [6.45, 7) is 12.3. The van der Waals surface area contributed by atoms with E-state index in [4.69, 9.17) is 9.31 Å². The van der Waals surface area contributed by atoms with Crippen molar-refractivity contribution < 1.29 is 9.31 Å². The molecular formula is C15H22BIN2O2S. The molecule has 0 aliphatic carbocycles. The zero-order valence-electron chi connectivity index (χ0n) is 13.9. The van der Waals surface area contributed by atoms with Gasteiger partial charge >= 0.3 is 7.12 Å². The topological polar surface area (TPSA) is 34.6 Å². The number of pyridine rings is 1. The summed E-state index contributed by atoms with van der Waals surface area (Å²) in [6, 6.07) is 4.01. The molecule has 3 rings (SSSR count). The first kappa shape index (κ1) is 18.1. The molecule has 1 aromatic heterocycles. The van der Waals surface area contributed by atoms with Crippen molar-refractivity contribution in [2.75, 3.05) is 0 Å². The highest BCUT2D eigenvalue weighted by Gasteiger charge is 2.53. The smallest absolute Gasteiger partial charge is 0.399 e. The molecule has 1 aromatic rings. The molecule has 0 bridgehead atoms. The SMILES string of the molecule is CC.CC1(C)OB(C2=CN(I)Sc3ncccc32)OC1(C)C.